The Morgan fingerprint density at radius 3 is 2.50 bits per heavy atom. The zero-order valence-electron chi connectivity index (χ0n) is 12.5. The van der Waals surface area contributed by atoms with Crippen LogP contribution in [0.3, 0.4) is 0 Å². The lowest BCUT2D eigenvalue weighted by Crippen LogP contribution is -3.24. The number of fused-ring (bicyclic) bond motifs is 1. The van der Waals surface area contributed by atoms with Gasteiger partial charge in [0.25, 0.3) is 0 Å². The number of rotatable bonds is 2. The third-order valence-corrected chi connectivity index (χ3v) is 5.23. The van der Waals surface area contributed by atoms with Crippen LogP contribution in [0.5, 0.6) is 0 Å². The van der Waals surface area contributed by atoms with Gasteiger partial charge >= 0.3 is 0 Å². The number of quaternary nitrogens is 1. The van der Waals surface area contributed by atoms with E-state index < -0.39 is 0 Å². The van der Waals surface area contributed by atoms with E-state index >= 15 is 0 Å². The molecule has 0 aliphatic carbocycles. The molecule has 112 valence electrons. The van der Waals surface area contributed by atoms with Crippen LogP contribution in [0.2, 0.25) is 0 Å². The van der Waals surface area contributed by atoms with Crippen LogP contribution in [0, 0.1) is 0 Å². The summed E-state index contributed by atoms with van der Waals surface area (Å²) >= 11 is 0. The van der Waals surface area contributed by atoms with Gasteiger partial charge in [-0.15, -0.1) is 0 Å². The summed E-state index contributed by atoms with van der Waals surface area (Å²) in [4.78, 5) is 1.80. The fourth-order valence-electron chi connectivity index (χ4n) is 3.92. The second kappa shape index (κ2) is 6.68. The molecule has 5 nitrogen and oxygen atoms in total. The molecule has 20 heavy (non-hydrogen) atoms. The van der Waals surface area contributed by atoms with Crippen LogP contribution in [0.4, 0.5) is 0 Å². The van der Waals surface area contributed by atoms with Gasteiger partial charge in [0.15, 0.2) is 0 Å². The minimum absolute atomic E-state index is 0.552. The first-order chi connectivity index (χ1) is 9.89. The van der Waals surface area contributed by atoms with Crippen molar-refractivity contribution in [3.8, 4) is 0 Å². The molecule has 2 unspecified atom stereocenters. The van der Waals surface area contributed by atoms with E-state index in [1.807, 2.05) is 6.20 Å². The van der Waals surface area contributed by atoms with Crippen molar-refractivity contribution in [2.45, 2.75) is 56.9 Å². The monoisotopic (exact) mass is 278 g/mol. The zero-order chi connectivity index (χ0) is 13.7. The Bertz CT molecular complexity index is 371. The van der Waals surface area contributed by atoms with Gasteiger partial charge in [-0.1, -0.05) is 12.8 Å². The number of nitrogens with zero attached hydrogens (tertiary/aromatic N) is 2. The first kappa shape index (κ1) is 14.0. The molecule has 5 heteroatoms. The largest absolute Gasteiger partial charge is 0.329 e. The molecule has 4 heterocycles. The maximum Gasteiger partial charge on any atom is 0.109 e. The van der Waals surface area contributed by atoms with Gasteiger partial charge < -0.3 is 10.2 Å². The topological polar surface area (TPSA) is 58.0 Å². The van der Waals surface area contributed by atoms with Gasteiger partial charge in [0.05, 0.1) is 31.4 Å². The highest BCUT2D eigenvalue weighted by atomic mass is 15.3. The molecule has 0 bridgehead atoms. The second-order valence-electron chi connectivity index (χ2n) is 6.54. The Morgan fingerprint density at radius 2 is 1.90 bits per heavy atom. The fourth-order valence-corrected chi connectivity index (χ4v) is 3.92. The molecule has 3 aliphatic rings. The zero-order valence-corrected chi connectivity index (χ0v) is 12.5. The minimum atomic E-state index is 0.552. The van der Waals surface area contributed by atoms with E-state index in [0.29, 0.717) is 5.54 Å². The molecule has 0 spiro atoms. The number of hydrogen-bond acceptors (Lipinski definition) is 3. The van der Waals surface area contributed by atoms with Gasteiger partial charge in [0, 0.05) is 19.3 Å². The highest BCUT2D eigenvalue weighted by Gasteiger charge is 2.52. The Morgan fingerprint density at radius 1 is 1.05 bits per heavy atom. The normalized spacial score (nSPS) is 32.5. The number of aromatic nitrogens is 3. The summed E-state index contributed by atoms with van der Waals surface area (Å²) in [6, 6.07) is 0. The van der Waals surface area contributed by atoms with Gasteiger partial charge in [0.2, 0.25) is 0 Å². The lowest BCUT2D eigenvalue weighted by molar-refractivity contribution is -0.983. The quantitative estimate of drug-likeness (QED) is 0.730. The van der Waals surface area contributed by atoms with Crippen molar-refractivity contribution in [2.24, 2.45) is 0 Å². The van der Waals surface area contributed by atoms with Crippen LogP contribution in [0.1, 0.15) is 50.6 Å². The molecular formula is C15H28N5+. The van der Waals surface area contributed by atoms with E-state index in [9.17, 15) is 0 Å². The summed E-state index contributed by atoms with van der Waals surface area (Å²) in [6.45, 7) is 5.25. The standard InChI is InChI=1S/C9H14N4.C6H13N/c1-2-9(3-5-13(9)4-1)6-8-7-10-12-11-8;1-2-4-6-7-5-3-1/h7H,1-6H2,(H,10,11,12);7H,1-6H2/p+1. The van der Waals surface area contributed by atoms with Crippen LogP contribution in [-0.4, -0.2) is 47.1 Å². The van der Waals surface area contributed by atoms with Gasteiger partial charge in [-0.2, -0.15) is 15.4 Å². The van der Waals surface area contributed by atoms with Gasteiger partial charge in [-0.05, 0) is 25.9 Å². The van der Waals surface area contributed by atoms with E-state index in [1.165, 1.54) is 71.1 Å². The van der Waals surface area contributed by atoms with E-state index in [-0.39, 0.29) is 0 Å². The summed E-state index contributed by atoms with van der Waals surface area (Å²) in [5.41, 5.74) is 1.69. The summed E-state index contributed by atoms with van der Waals surface area (Å²) in [5.74, 6) is 0. The maximum atomic E-state index is 4.14. The average molecular weight is 278 g/mol. The van der Waals surface area contributed by atoms with Gasteiger partial charge in [-0.25, -0.2) is 0 Å². The summed E-state index contributed by atoms with van der Waals surface area (Å²) in [5, 5.41) is 14.0. The van der Waals surface area contributed by atoms with Crippen molar-refractivity contribution in [1.29, 1.82) is 0 Å². The lowest BCUT2D eigenvalue weighted by Gasteiger charge is -2.43. The Labute approximate surface area is 121 Å². The summed E-state index contributed by atoms with van der Waals surface area (Å²) in [6.07, 6.45) is 12.8. The maximum absolute atomic E-state index is 4.14. The molecule has 4 rings (SSSR count). The second-order valence-corrected chi connectivity index (χ2v) is 6.54. The number of hydrogen-bond donors (Lipinski definition) is 3. The van der Waals surface area contributed by atoms with Crippen LogP contribution >= 0.6 is 0 Å². The van der Waals surface area contributed by atoms with E-state index in [4.69, 9.17) is 0 Å². The van der Waals surface area contributed by atoms with Crippen molar-refractivity contribution in [3.05, 3.63) is 11.9 Å². The fraction of sp³-hybridized carbons (Fsp3) is 0.867. The van der Waals surface area contributed by atoms with Crippen molar-refractivity contribution in [3.63, 3.8) is 0 Å². The molecule has 0 amide bonds. The number of H-pyrrole nitrogens is 1. The molecule has 3 N–H and O–H groups in total. The number of nitrogens with one attached hydrogen (secondary N) is 3. The highest BCUT2D eigenvalue weighted by molar-refractivity contribution is 5.02. The molecule has 3 aliphatic heterocycles. The van der Waals surface area contributed by atoms with Crippen LogP contribution in [0.25, 0.3) is 0 Å². The number of aromatic amines is 1. The first-order valence-corrected chi connectivity index (χ1v) is 8.30. The predicted molar refractivity (Wildman–Crippen MR) is 78.7 cm³/mol. The van der Waals surface area contributed by atoms with Crippen molar-refractivity contribution in [2.75, 3.05) is 26.2 Å². The third-order valence-electron chi connectivity index (χ3n) is 5.23. The molecule has 0 radical (unpaired) electrons. The van der Waals surface area contributed by atoms with E-state index in [1.54, 1.807) is 4.90 Å². The predicted octanol–water partition coefficient (Wildman–Crippen LogP) is 0.318. The third kappa shape index (κ3) is 3.20. The minimum Gasteiger partial charge on any atom is -0.329 e. The first-order valence-electron chi connectivity index (χ1n) is 8.30. The van der Waals surface area contributed by atoms with Crippen LogP contribution in [0.15, 0.2) is 6.20 Å². The van der Waals surface area contributed by atoms with Crippen LogP contribution < -0.4 is 10.2 Å². The smallest absolute Gasteiger partial charge is 0.109 e. The van der Waals surface area contributed by atoms with Gasteiger partial charge in [0.1, 0.15) is 5.54 Å². The van der Waals surface area contributed by atoms with Crippen molar-refractivity contribution < 1.29 is 4.90 Å². The van der Waals surface area contributed by atoms with Gasteiger partial charge in [-0.3, -0.25) is 0 Å². The Hall–Kier alpha value is -0.940. The summed E-state index contributed by atoms with van der Waals surface area (Å²) in [7, 11) is 0. The molecule has 0 saturated carbocycles. The molecular weight excluding hydrogens is 250 g/mol. The Kier molecular flexibility index (Phi) is 4.68. The van der Waals surface area contributed by atoms with Crippen LogP contribution in [-0.2, 0) is 6.42 Å². The average Bonchev–Trinajstić information content (AvgIpc) is 2.91. The lowest BCUT2D eigenvalue weighted by atomic mass is 9.81. The molecule has 3 fully saturated rings. The molecule has 2 atom stereocenters. The molecule has 1 aromatic rings. The molecule has 1 aromatic heterocycles. The van der Waals surface area contributed by atoms with Crippen molar-refractivity contribution in [1.82, 2.24) is 20.7 Å². The van der Waals surface area contributed by atoms with E-state index in [2.05, 4.69) is 20.7 Å². The molecule has 0 aromatic carbocycles. The highest BCUT2D eigenvalue weighted by Crippen LogP contribution is 2.27. The molecule has 3 saturated heterocycles. The van der Waals surface area contributed by atoms with Crippen molar-refractivity contribution >= 4 is 0 Å². The Balaban J connectivity index is 0.000000147. The van der Waals surface area contributed by atoms with E-state index in [0.717, 1.165) is 12.1 Å². The summed E-state index contributed by atoms with van der Waals surface area (Å²) < 4.78 is 0. The SMILES string of the molecule is C1CCCNCC1.c1n[nH]nc1CC12CCC[NH+]1CC2.